The molecule has 1 aliphatic rings. The number of hydrogen-bond acceptors (Lipinski definition) is 2. The van der Waals surface area contributed by atoms with E-state index in [0.717, 1.165) is 12.8 Å². The first-order chi connectivity index (χ1) is 3.21. The molecule has 2 nitrogen and oxygen atoms in total. The Kier molecular flexibility index (Phi) is 3.11. The average Bonchev–Trinajstić information content (AvgIpc) is 1.84. The molecule has 0 aromatic heterocycles. The summed E-state index contributed by atoms with van der Waals surface area (Å²) in [6.45, 7) is 0. The summed E-state index contributed by atoms with van der Waals surface area (Å²) in [5.41, 5.74) is 0. The third-order valence-corrected chi connectivity index (χ3v) is 2.98. The molecule has 4 heteroatoms. The summed E-state index contributed by atoms with van der Waals surface area (Å²) in [4.78, 5) is 0. The third kappa shape index (κ3) is 2.21. The van der Waals surface area contributed by atoms with E-state index in [1.165, 1.54) is 0 Å². The van der Waals surface area contributed by atoms with Gasteiger partial charge < -0.3 is 0 Å². The predicted molar refractivity (Wildman–Crippen MR) is 33.6 cm³/mol. The van der Waals surface area contributed by atoms with Crippen LogP contribution in [0.3, 0.4) is 0 Å². The van der Waals surface area contributed by atoms with Crippen LogP contribution in [-0.2, 0) is 9.84 Å². The molecule has 0 saturated carbocycles. The molecule has 8 heavy (non-hydrogen) atoms. The first-order valence-corrected chi connectivity index (χ1v) is 4.23. The van der Waals surface area contributed by atoms with Gasteiger partial charge in [-0.25, -0.2) is 8.42 Å². The van der Waals surface area contributed by atoms with Crippen LogP contribution in [0, 0.1) is 0 Å². The summed E-state index contributed by atoms with van der Waals surface area (Å²) in [5.74, 6) is 0.847. The molecule has 0 aromatic carbocycles. The number of rotatable bonds is 0. The van der Waals surface area contributed by atoms with Crippen molar-refractivity contribution in [3.05, 3.63) is 0 Å². The van der Waals surface area contributed by atoms with Gasteiger partial charge in [0.25, 0.3) is 0 Å². The van der Waals surface area contributed by atoms with E-state index in [1.807, 2.05) is 0 Å². The number of sulfone groups is 1. The topological polar surface area (TPSA) is 34.1 Å². The first kappa shape index (κ1) is 8.55. The molecule has 0 aliphatic carbocycles. The molecule has 0 amide bonds. The molecule has 1 fully saturated rings. The van der Waals surface area contributed by atoms with Crippen LogP contribution in [0.15, 0.2) is 0 Å². The Balaban J connectivity index is 0.000000490. The van der Waals surface area contributed by atoms with E-state index in [-0.39, 0.29) is 18.9 Å². The molecular weight excluding hydrogens is 119 g/mol. The summed E-state index contributed by atoms with van der Waals surface area (Å²) in [5, 5.41) is 0. The largest absolute Gasteiger partial charge is 0.229 e. The second kappa shape index (κ2) is 2.91. The Morgan fingerprint density at radius 2 is 1.38 bits per heavy atom. The molecule has 0 spiro atoms. The Bertz CT molecular complexity index is 137. The van der Waals surface area contributed by atoms with E-state index < -0.39 is 9.84 Å². The van der Waals surface area contributed by atoms with Gasteiger partial charge in [0.2, 0.25) is 0 Å². The maximum Gasteiger partial charge on any atom is 0.150 e. The van der Waals surface area contributed by atoms with E-state index in [1.54, 1.807) is 0 Å². The number of hydrogen-bond donors (Lipinski definition) is 0. The van der Waals surface area contributed by atoms with Crippen LogP contribution >= 0.6 is 0 Å². The smallest absolute Gasteiger partial charge is 0.150 e. The van der Waals surface area contributed by atoms with Crippen LogP contribution in [0.4, 0.5) is 0 Å². The summed E-state index contributed by atoms with van der Waals surface area (Å²) in [7, 11) is -2.55. The van der Waals surface area contributed by atoms with Crippen molar-refractivity contribution < 1.29 is 8.42 Å². The quantitative estimate of drug-likeness (QED) is 0.423. The van der Waals surface area contributed by atoms with Crippen LogP contribution in [0.25, 0.3) is 0 Å². The van der Waals surface area contributed by atoms with E-state index in [9.17, 15) is 8.42 Å². The van der Waals surface area contributed by atoms with Gasteiger partial charge in [-0.3, -0.25) is 0 Å². The maximum atomic E-state index is 10.4. The Labute approximate surface area is 61.8 Å². The van der Waals surface area contributed by atoms with Crippen molar-refractivity contribution >= 4 is 28.7 Å². The molecule has 0 N–H and O–H groups in total. The van der Waals surface area contributed by atoms with Gasteiger partial charge in [-0.2, -0.15) is 0 Å². The fourth-order valence-corrected chi connectivity index (χ4v) is 2.24. The summed E-state index contributed by atoms with van der Waals surface area (Å²) in [6.07, 6.45) is 1.75. The zero-order valence-corrected chi connectivity index (χ0v) is 5.87. The van der Waals surface area contributed by atoms with Gasteiger partial charge in [-0.15, -0.1) is 0 Å². The Morgan fingerprint density at radius 1 is 1.00 bits per heavy atom. The van der Waals surface area contributed by atoms with Crippen molar-refractivity contribution in [2.45, 2.75) is 12.8 Å². The molecule has 0 unspecified atom stereocenters. The summed E-state index contributed by atoms with van der Waals surface area (Å²) < 4.78 is 20.9. The van der Waals surface area contributed by atoms with Gasteiger partial charge >= 0.3 is 0 Å². The molecule has 0 atom stereocenters. The third-order valence-electron chi connectivity index (χ3n) is 1.16. The monoisotopic (exact) mass is 127 g/mol. The zero-order valence-electron chi connectivity index (χ0n) is 5.05. The van der Waals surface area contributed by atoms with E-state index >= 15 is 0 Å². The van der Waals surface area contributed by atoms with Crippen LogP contribution in [0.2, 0.25) is 0 Å². The minimum atomic E-state index is -2.55. The molecule has 1 rings (SSSR count). The van der Waals surface area contributed by atoms with Gasteiger partial charge in [0.15, 0.2) is 0 Å². The summed E-state index contributed by atoms with van der Waals surface area (Å²) >= 11 is 0. The second-order valence-electron chi connectivity index (χ2n) is 1.86. The molecular formula is C4H8LiO2S. The van der Waals surface area contributed by atoms with Crippen molar-refractivity contribution in [3.8, 4) is 0 Å². The maximum absolute atomic E-state index is 10.4. The molecule has 1 aliphatic heterocycles. The predicted octanol–water partition coefficient (Wildman–Crippen LogP) is -0.186. The van der Waals surface area contributed by atoms with Crippen molar-refractivity contribution in [2.75, 3.05) is 11.5 Å². The average molecular weight is 127 g/mol. The SMILES string of the molecule is O=S1(=O)CCCC1.[Li]. The normalized spacial score (nSPS) is 24.5. The fourth-order valence-electron chi connectivity index (χ4n) is 0.746. The Hall–Kier alpha value is 0.547. The van der Waals surface area contributed by atoms with Gasteiger partial charge in [0, 0.05) is 18.9 Å². The molecule has 43 valence electrons. The first-order valence-electron chi connectivity index (χ1n) is 2.41. The van der Waals surface area contributed by atoms with Crippen molar-refractivity contribution in [1.29, 1.82) is 0 Å². The molecule has 0 aromatic rings. The molecule has 0 bridgehead atoms. The second-order valence-corrected chi connectivity index (χ2v) is 4.16. The van der Waals surface area contributed by atoms with Crippen LogP contribution in [0.5, 0.6) is 0 Å². The van der Waals surface area contributed by atoms with Crippen molar-refractivity contribution in [1.82, 2.24) is 0 Å². The van der Waals surface area contributed by atoms with Gasteiger partial charge in [-0.1, -0.05) is 0 Å². The van der Waals surface area contributed by atoms with E-state index in [0.29, 0.717) is 11.5 Å². The van der Waals surface area contributed by atoms with Gasteiger partial charge in [0.1, 0.15) is 9.84 Å². The minimum absolute atomic E-state index is 0. The standard InChI is InChI=1S/C4H8O2S.Li/c5-7(6)3-1-2-4-7;/h1-4H2;. The van der Waals surface area contributed by atoms with Crippen molar-refractivity contribution in [3.63, 3.8) is 0 Å². The van der Waals surface area contributed by atoms with E-state index in [4.69, 9.17) is 0 Å². The minimum Gasteiger partial charge on any atom is -0.229 e. The zero-order chi connectivity index (χ0) is 5.33. The molecule has 1 heterocycles. The summed E-state index contributed by atoms with van der Waals surface area (Å²) in [6, 6.07) is 0. The fraction of sp³-hybridized carbons (Fsp3) is 1.00. The Morgan fingerprint density at radius 3 is 1.50 bits per heavy atom. The van der Waals surface area contributed by atoms with E-state index in [2.05, 4.69) is 0 Å². The van der Waals surface area contributed by atoms with Gasteiger partial charge in [-0.05, 0) is 12.8 Å². The van der Waals surface area contributed by atoms with Crippen molar-refractivity contribution in [2.24, 2.45) is 0 Å². The van der Waals surface area contributed by atoms with Crippen LogP contribution in [0.1, 0.15) is 12.8 Å². The molecule has 1 saturated heterocycles. The van der Waals surface area contributed by atoms with Crippen LogP contribution < -0.4 is 0 Å². The van der Waals surface area contributed by atoms with Crippen LogP contribution in [-0.4, -0.2) is 38.8 Å². The van der Waals surface area contributed by atoms with Gasteiger partial charge in [0.05, 0.1) is 11.5 Å². The molecule has 1 radical (unpaired) electrons.